The minimum absolute atomic E-state index is 0.151. The molecule has 5 rings (SSSR count). The Morgan fingerprint density at radius 2 is 2.09 bits per heavy atom. The molecule has 7 heteroatoms. The normalized spacial score (nSPS) is 19.4. The van der Waals surface area contributed by atoms with Gasteiger partial charge in [0.1, 0.15) is 23.6 Å². The van der Waals surface area contributed by atoms with Crippen LogP contribution in [-0.4, -0.2) is 62.4 Å². The molecular weight excluding hydrogens is 418 g/mol. The number of nitrogens with one attached hydrogen (secondary N) is 1. The number of hydrogen-bond donors (Lipinski definition) is 1. The summed E-state index contributed by atoms with van der Waals surface area (Å²) >= 11 is 0. The summed E-state index contributed by atoms with van der Waals surface area (Å²) in [6.45, 7) is 4.45. The quantitative estimate of drug-likeness (QED) is 0.599. The van der Waals surface area contributed by atoms with Crippen LogP contribution in [0.15, 0.2) is 48.7 Å². The Bertz CT molecular complexity index is 1190. The molecule has 172 valence electrons. The van der Waals surface area contributed by atoms with Crippen molar-refractivity contribution in [2.45, 2.75) is 24.9 Å². The van der Waals surface area contributed by atoms with E-state index in [1.165, 1.54) is 0 Å². The second kappa shape index (κ2) is 8.65. The topological polar surface area (TPSA) is 72.9 Å². The first-order chi connectivity index (χ1) is 16.0. The first kappa shape index (κ1) is 21.7. The zero-order chi connectivity index (χ0) is 23.0. The first-order valence-corrected chi connectivity index (χ1v) is 11.3. The van der Waals surface area contributed by atoms with Gasteiger partial charge in [-0.15, -0.1) is 0 Å². The Morgan fingerprint density at radius 1 is 1.24 bits per heavy atom. The molecule has 7 nitrogen and oxygen atoms in total. The third-order valence-electron chi connectivity index (χ3n) is 6.83. The van der Waals surface area contributed by atoms with E-state index in [1.54, 1.807) is 13.3 Å². The lowest BCUT2D eigenvalue weighted by atomic mass is 9.84. The predicted octanol–water partition coefficient (Wildman–Crippen LogP) is 3.29. The molecule has 33 heavy (non-hydrogen) atoms. The maximum atomic E-state index is 13.5. The zero-order valence-electron chi connectivity index (χ0n) is 19.3. The molecule has 2 aromatic carbocycles. The van der Waals surface area contributed by atoms with E-state index in [1.807, 2.05) is 49.4 Å². The molecule has 0 aliphatic carbocycles. The lowest BCUT2D eigenvalue weighted by Crippen LogP contribution is -2.59. The zero-order valence-corrected chi connectivity index (χ0v) is 19.3. The highest BCUT2D eigenvalue weighted by atomic mass is 16.5. The molecule has 0 bridgehead atoms. The number of likely N-dealkylation sites (tertiary alicyclic amines) is 1. The minimum atomic E-state index is -0.648. The monoisotopic (exact) mass is 447 g/mol. The average molecular weight is 448 g/mol. The minimum Gasteiger partial charge on any atom is -0.497 e. The van der Waals surface area contributed by atoms with Crippen LogP contribution in [0.1, 0.15) is 27.9 Å². The number of likely N-dealkylation sites (N-methyl/N-ethyl adjacent to an activating group) is 1. The van der Waals surface area contributed by atoms with E-state index < -0.39 is 5.54 Å². The van der Waals surface area contributed by atoms with Crippen LogP contribution >= 0.6 is 0 Å². The van der Waals surface area contributed by atoms with Crippen molar-refractivity contribution in [3.05, 3.63) is 65.4 Å². The molecule has 0 spiro atoms. The predicted molar refractivity (Wildman–Crippen MR) is 126 cm³/mol. The Balaban J connectivity index is 1.42. The highest BCUT2D eigenvalue weighted by Crippen LogP contribution is 2.37. The number of carbonyl (C=O) groups excluding carboxylic acids is 1. The van der Waals surface area contributed by atoms with Gasteiger partial charge in [0.15, 0.2) is 0 Å². The standard InChI is InChI=1S/C26H29N3O4/c1-17-6-7-19(33-14-18-8-10-29(18)2)11-22(17)25(30)28-26(15-32-16-26)23-12-20(31-3)13-24-21(23)5-4-9-27-24/h4-7,9,11-13,18H,8,10,14-16H2,1-3H3,(H,28,30)/t18-/m0/s1. The van der Waals surface area contributed by atoms with Gasteiger partial charge in [-0.2, -0.15) is 0 Å². The highest BCUT2D eigenvalue weighted by molar-refractivity contribution is 5.97. The molecule has 2 aliphatic rings. The molecule has 3 aromatic rings. The number of aryl methyl sites for hydroxylation is 1. The van der Waals surface area contributed by atoms with Gasteiger partial charge in [0.2, 0.25) is 0 Å². The van der Waals surface area contributed by atoms with Crippen LogP contribution in [0.25, 0.3) is 10.9 Å². The fourth-order valence-corrected chi connectivity index (χ4v) is 4.46. The summed E-state index contributed by atoms with van der Waals surface area (Å²) in [5, 5.41) is 4.23. The van der Waals surface area contributed by atoms with Crippen molar-refractivity contribution in [3.63, 3.8) is 0 Å². The average Bonchev–Trinajstić information content (AvgIpc) is 2.80. The number of pyridine rings is 1. The summed E-state index contributed by atoms with van der Waals surface area (Å²) in [6, 6.07) is 13.9. The molecule has 1 atom stereocenters. The van der Waals surface area contributed by atoms with Gasteiger partial charge in [-0.1, -0.05) is 12.1 Å². The van der Waals surface area contributed by atoms with Gasteiger partial charge < -0.3 is 19.5 Å². The number of nitrogens with zero attached hydrogens (tertiary/aromatic N) is 2. The van der Waals surface area contributed by atoms with Crippen LogP contribution in [0.4, 0.5) is 0 Å². The number of benzene rings is 2. The largest absolute Gasteiger partial charge is 0.497 e. The van der Waals surface area contributed by atoms with Crippen molar-refractivity contribution in [3.8, 4) is 11.5 Å². The molecule has 1 N–H and O–H groups in total. The number of aromatic nitrogens is 1. The summed E-state index contributed by atoms with van der Waals surface area (Å²) < 4.78 is 17.1. The van der Waals surface area contributed by atoms with Crippen LogP contribution in [0.5, 0.6) is 11.5 Å². The van der Waals surface area contributed by atoms with Gasteiger partial charge in [0.05, 0.1) is 25.8 Å². The maximum Gasteiger partial charge on any atom is 0.252 e. The Hall–Kier alpha value is -3.16. The smallest absolute Gasteiger partial charge is 0.252 e. The molecular formula is C26H29N3O4. The number of rotatable bonds is 7. The maximum absolute atomic E-state index is 13.5. The molecule has 2 aliphatic heterocycles. The molecule has 1 amide bonds. The van der Waals surface area contributed by atoms with Crippen molar-refractivity contribution < 1.29 is 19.0 Å². The van der Waals surface area contributed by atoms with E-state index in [0.717, 1.165) is 35.0 Å². The number of hydrogen-bond acceptors (Lipinski definition) is 6. The summed E-state index contributed by atoms with van der Waals surface area (Å²) in [4.78, 5) is 20.2. The molecule has 0 unspecified atom stereocenters. The van der Waals surface area contributed by atoms with E-state index in [9.17, 15) is 4.79 Å². The SMILES string of the molecule is COc1cc(C2(NC(=O)c3cc(OC[C@@H]4CCN4C)ccc3C)COC2)c2cccnc2c1. The van der Waals surface area contributed by atoms with Crippen LogP contribution in [0.2, 0.25) is 0 Å². The fraction of sp³-hybridized carbons (Fsp3) is 0.385. The fourth-order valence-electron chi connectivity index (χ4n) is 4.46. The van der Waals surface area contributed by atoms with E-state index in [-0.39, 0.29) is 5.91 Å². The number of methoxy groups -OCH3 is 1. The number of ether oxygens (including phenoxy) is 3. The molecule has 1 aromatic heterocycles. The van der Waals surface area contributed by atoms with Crippen LogP contribution in [0.3, 0.4) is 0 Å². The number of fused-ring (bicyclic) bond motifs is 1. The molecule has 2 saturated heterocycles. The van der Waals surface area contributed by atoms with E-state index in [2.05, 4.69) is 22.2 Å². The van der Waals surface area contributed by atoms with Crippen LogP contribution in [-0.2, 0) is 10.3 Å². The molecule has 0 saturated carbocycles. The van der Waals surface area contributed by atoms with Crippen LogP contribution < -0.4 is 14.8 Å². The van der Waals surface area contributed by atoms with Gasteiger partial charge in [0, 0.05) is 29.3 Å². The molecule has 3 heterocycles. The molecule has 0 radical (unpaired) electrons. The Labute approximate surface area is 193 Å². The summed E-state index contributed by atoms with van der Waals surface area (Å²) in [7, 11) is 3.73. The summed E-state index contributed by atoms with van der Waals surface area (Å²) in [5.74, 6) is 1.26. The van der Waals surface area contributed by atoms with E-state index in [4.69, 9.17) is 14.2 Å². The second-order valence-electron chi connectivity index (χ2n) is 8.98. The number of carbonyl (C=O) groups is 1. The number of amides is 1. The molecule has 2 fully saturated rings. The van der Waals surface area contributed by atoms with Crippen LogP contribution in [0, 0.1) is 6.92 Å². The van der Waals surface area contributed by atoms with E-state index >= 15 is 0 Å². The third-order valence-corrected chi connectivity index (χ3v) is 6.83. The van der Waals surface area contributed by atoms with Crippen molar-refractivity contribution in [2.24, 2.45) is 0 Å². The van der Waals surface area contributed by atoms with E-state index in [0.29, 0.717) is 42.9 Å². The van der Waals surface area contributed by atoms with Gasteiger partial charge >= 0.3 is 0 Å². The lowest BCUT2D eigenvalue weighted by Gasteiger charge is -2.43. The van der Waals surface area contributed by atoms with Crippen molar-refractivity contribution >= 4 is 16.8 Å². The van der Waals surface area contributed by atoms with Gasteiger partial charge in [-0.3, -0.25) is 14.7 Å². The third kappa shape index (κ3) is 4.03. The summed E-state index contributed by atoms with van der Waals surface area (Å²) in [5.41, 5.74) is 2.62. The van der Waals surface area contributed by atoms with Gasteiger partial charge in [-0.25, -0.2) is 0 Å². The highest BCUT2D eigenvalue weighted by Gasteiger charge is 2.43. The summed E-state index contributed by atoms with van der Waals surface area (Å²) in [6.07, 6.45) is 2.89. The second-order valence-corrected chi connectivity index (χ2v) is 8.98. The van der Waals surface area contributed by atoms with Crippen molar-refractivity contribution in [2.75, 3.05) is 40.5 Å². The van der Waals surface area contributed by atoms with Gasteiger partial charge in [0.25, 0.3) is 5.91 Å². The Morgan fingerprint density at radius 3 is 2.76 bits per heavy atom. The Kier molecular flexibility index (Phi) is 5.68. The van der Waals surface area contributed by atoms with Gasteiger partial charge in [-0.05, 0) is 62.3 Å². The first-order valence-electron chi connectivity index (χ1n) is 11.3. The van der Waals surface area contributed by atoms with Crippen molar-refractivity contribution in [1.29, 1.82) is 0 Å². The lowest BCUT2D eigenvalue weighted by molar-refractivity contribution is -0.0727. The van der Waals surface area contributed by atoms with Crippen molar-refractivity contribution in [1.82, 2.24) is 15.2 Å².